The molecule has 0 bridgehead atoms. The maximum Gasteiger partial charge on any atom is 0.267 e. The molecule has 2 aromatic rings. The quantitative estimate of drug-likeness (QED) is 0.837. The number of ether oxygens (including phenoxy) is 2. The van der Waals surface area contributed by atoms with Crippen LogP contribution in [0.4, 0.5) is 0 Å². The molecule has 1 fully saturated rings. The van der Waals surface area contributed by atoms with E-state index < -0.39 is 0 Å². The lowest BCUT2D eigenvalue weighted by Crippen LogP contribution is -2.39. The number of carbonyl (C=O) groups is 1. The number of nitrogens with zero attached hydrogens (tertiary/aromatic N) is 2. The van der Waals surface area contributed by atoms with Crippen molar-refractivity contribution in [2.75, 3.05) is 6.79 Å². The number of aromatic nitrogens is 2. The molecule has 0 spiro atoms. The van der Waals surface area contributed by atoms with Crippen LogP contribution in [0.3, 0.4) is 0 Å². The zero-order valence-corrected chi connectivity index (χ0v) is 15.1. The predicted molar refractivity (Wildman–Crippen MR) is 99.7 cm³/mol. The molecule has 1 aliphatic heterocycles. The van der Waals surface area contributed by atoms with Gasteiger partial charge in [0.25, 0.3) is 5.56 Å². The van der Waals surface area contributed by atoms with Gasteiger partial charge < -0.3 is 14.8 Å². The fraction of sp³-hybridized carbons (Fsp3) is 0.450. The first kappa shape index (κ1) is 17.6. The minimum Gasteiger partial charge on any atom is -0.454 e. The van der Waals surface area contributed by atoms with Gasteiger partial charge in [0.1, 0.15) is 6.54 Å². The normalized spacial score (nSPS) is 16.7. The summed E-state index contributed by atoms with van der Waals surface area (Å²) in [6.45, 7) is 0.126. The van der Waals surface area contributed by atoms with Crippen LogP contribution in [0.25, 0.3) is 11.3 Å². The Morgan fingerprint density at radius 3 is 2.67 bits per heavy atom. The van der Waals surface area contributed by atoms with E-state index in [1.807, 2.05) is 18.2 Å². The van der Waals surface area contributed by atoms with E-state index in [1.165, 1.54) is 23.6 Å². The van der Waals surface area contributed by atoms with E-state index in [9.17, 15) is 9.59 Å². The second-order valence-electron chi connectivity index (χ2n) is 7.04. The Morgan fingerprint density at radius 2 is 1.85 bits per heavy atom. The zero-order valence-electron chi connectivity index (χ0n) is 15.1. The summed E-state index contributed by atoms with van der Waals surface area (Å²) in [5.41, 5.74) is 1.11. The summed E-state index contributed by atoms with van der Waals surface area (Å²) >= 11 is 0. The zero-order chi connectivity index (χ0) is 18.6. The van der Waals surface area contributed by atoms with Gasteiger partial charge in [-0.25, -0.2) is 4.68 Å². The van der Waals surface area contributed by atoms with Gasteiger partial charge in [-0.1, -0.05) is 25.7 Å². The number of rotatable bonds is 4. The molecule has 142 valence electrons. The van der Waals surface area contributed by atoms with Crippen molar-refractivity contribution in [2.45, 2.75) is 51.1 Å². The topological polar surface area (TPSA) is 82.5 Å². The van der Waals surface area contributed by atoms with Crippen molar-refractivity contribution in [2.24, 2.45) is 0 Å². The van der Waals surface area contributed by atoms with E-state index in [2.05, 4.69) is 10.4 Å². The van der Waals surface area contributed by atoms with E-state index in [0.29, 0.717) is 17.2 Å². The maximum absolute atomic E-state index is 12.4. The largest absolute Gasteiger partial charge is 0.454 e. The van der Waals surface area contributed by atoms with Crippen LogP contribution in [-0.4, -0.2) is 28.5 Å². The van der Waals surface area contributed by atoms with E-state index in [0.717, 1.165) is 31.2 Å². The lowest BCUT2D eigenvalue weighted by Gasteiger charge is -2.16. The van der Waals surface area contributed by atoms with Gasteiger partial charge in [0.2, 0.25) is 12.7 Å². The minimum atomic E-state index is -0.296. The van der Waals surface area contributed by atoms with Gasteiger partial charge in [0, 0.05) is 17.7 Å². The van der Waals surface area contributed by atoms with Crippen molar-refractivity contribution in [3.05, 3.63) is 40.7 Å². The Morgan fingerprint density at radius 1 is 1.07 bits per heavy atom. The minimum absolute atomic E-state index is 0.0757. The predicted octanol–water partition coefficient (Wildman–Crippen LogP) is 2.48. The van der Waals surface area contributed by atoms with E-state index in [1.54, 1.807) is 6.07 Å². The average molecular weight is 369 g/mol. The molecule has 1 N–H and O–H groups in total. The third-order valence-corrected chi connectivity index (χ3v) is 5.05. The molecule has 27 heavy (non-hydrogen) atoms. The smallest absolute Gasteiger partial charge is 0.267 e. The van der Waals surface area contributed by atoms with Crippen molar-refractivity contribution in [3.8, 4) is 22.8 Å². The second kappa shape index (κ2) is 7.82. The van der Waals surface area contributed by atoms with Gasteiger partial charge in [-0.15, -0.1) is 0 Å². The Bertz CT molecular complexity index is 885. The van der Waals surface area contributed by atoms with Crippen molar-refractivity contribution in [3.63, 3.8) is 0 Å². The summed E-state index contributed by atoms with van der Waals surface area (Å²) < 4.78 is 11.9. The fourth-order valence-electron chi connectivity index (χ4n) is 3.61. The molecule has 1 amide bonds. The number of benzene rings is 1. The molecule has 1 aromatic carbocycles. The summed E-state index contributed by atoms with van der Waals surface area (Å²) in [6, 6.07) is 8.79. The average Bonchev–Trinajstić information content (AvgIpc) is 2.99. The number of carbonyl (C=O) groups excluding carboxylic acids is 1. The standard InChI is InChI=1S/C20H23N3O4/c24-19(21-15-5-3-1-2-4-6-15)12-23-20(25)10-8-16(22-23)14-7-9-17-18(11-14)27-13-26-17/h7-11,15H,1-6,12-13H2,(H,21,24). The van der Waals surface area contributed by atoms with Crippen LogP contribution in [0.15, 0.2) is 35.1 Å². The van der Waals surface area contributed by atoms with Crippen LogP contribution in [-0.2, 0) is 11.3 Å². The Hall–Kier alpha value is -2.83. The van der Waals surface area contributed by atoms with Gasteiger partial charge in [0.05, 0.1) is 5.69 Å². The highest BCUT2D eigenvalue weighted by Crippen LogP contribution is 2.35. The highest BCUT2D eigenvalue weighted by atomic mass is 16.7. The number of nitrogens with one attached hydrogen (secondary N) is 1. The first-order valence-electron chi connectivity index (χ1n) is 9.46. The number of amides is 1. The maximum atomic E-state index is 12.4. The van der Waals surface area contributed by atoms with Crippen LogP contribution in [0.2, 0.25) is 0 Å². The molecule has 0 saturated heterocycles. The van der Waals surface area contributed by atoms with Gasteiger partial charge in [-0.3, -0.25) is 9.59 Å². The molecule has 1 saturated carbocycles. The molecule has 7 heteroatoms. The monoisotopic (exact) mass is 369 g/mol. The molecular weight excluding hydrogens is 346 g/mol. The number of fused-ring (bicyclic) bond motifs is 1. The highest BCUT2D eigenvalue weighted by molar-refractivity contribution is 5.76. The summed E-state index contributed by atoms with van der Waals surface area (Å²) in [7, 11) is 0. The SMILES string of the molecule is O=C(Cn1nc(-c2ccc3c(c2)OCO3)ccc1=O)NC1CCCCCC1. The van der Waals surface area contributed by atoms with Crippen molar-refractivity contribution >= 4 is 5.91 Å². The second-order valence-corrected chi connectivity index (χ2v) is 7.04. The van der Waals surface area contributed by atoms with Crippen molar-refractivity contribution in [1.82, 2.24) is 15.1 Å². The highest BCUT2D eigenvalue weighted by Gasteiger charge is 2.17. The van der Waals surface area contributed by atoms with Crippen LogP contribution >= 0.6 is 0 Å². The molecule has 0 atom stereocenters. The van der Waals surface area contributed by atoms with E-state index in [4.69, 9.17) is 9.47 Å². The van der Waals surface area contributed by atoms with Crippen LogP contribution in [0.1, 0.15) is 38.5 Å². The van der Waals surface area contributed by atoms with Crippen molar-refractivity contribution in [1.29, 1.82) is 0 Å². The van der Waals surface area contributed by atoms with Crippen LogP contribution < -0.4 is 20.3 Å². The third-order valence-electron chi connectivity index (χ3n) is 5.05. The molecule has 2 heterocycles. The van der Waals surface area contributed by atoms with Crippen molar-refractivity contribution < 1.29 is 14.3 Å². The molecule has 1 aromatic heterocycles. The molecule has 0 unspecified atom stereocenters. The third kappa shape index (κ3) is 4.13. The van der Waals surface area contributed by atoms with Crippen LogP contribution in [0.5, 0.6) is 11.5 Å². The summed E-state index contributed by atoms with van der Waals surface area (Å²) in [4.78, 5) is 24.5. The molecule has 4 rings (SSSR count). The summed E-state index contributed by atoms with van der Waals surface area (Å²) in [5.74, 6) is 1.17. The summed E-state index contributed by atoms with van der Waals surface area (Å²) in [6.07, 6.45) is 6.75. The first-order chi connectivity index (χ1) is 13.2. The van der Waals surface area contributed by atoms with Gasteiger partial charge >= 0.3 is 0 Å². The van der Waals surface area contributed by atoms with E-state index >= 15 is 0 Å². The number of hydrogen-bond acceptors (Lipinski definition) is 5. The Kier molecular flexibility index (Phi) is 5.09. The van der Waals surface area contributed by atoms with Gasteiger partial charge in [0.15, 0.2) is 11.5 Å². The fourth-order valence-corrected chi connectivity index (χ4v) is 3.61. The lowest BCUT2D eigenvalue weighted by atomic mass is 10.1. The molecular formula is C20H23N3O4. The van der Waals surface area contributed by atoms with E-state index in [-0.39, 0.29) is 30.8 Å². The molecule has 2 aliphatic rings. The number of hydrogen-bond donors (Lipinski definition) is 1. The molecule has 7 nitrogen and oxygen atoms in total. The molecule has 1 aliphatic carbocycles. The Labute approximate surface area is 157 Å². The Balaban J connectivity index is 1.49. The lowest BCUT2D eigenvalue weighted by molar-refractivity contribution is -0.122. The first-order valence-corrected chi connectivity index (χ1v) is 9.46. The van der Waals surface area contributed by atoms with Gasteiger partial charge in [-0.2, -0.15) is 5.10 Å². The van der Waals surface area contributed by atoms with Gasteiger partial charge in [-0.05, 0) is 37.1 Å². The molecule has 0 radical (unpaired) electrons. The summed E-state index contributed by atoms with van der Waals surface area (Å²) in [5, 5.41) is 7.42. The van der Waals surface area contributed by atoms with Crippen LogP contribution in [0, 0.1) is 0 Å².